The van der Waals surface area contributed by atoms with Gasteiger partial charge in [-0.3, -0.25) is 9.59 Å². The molecule has 0 bridgehead atoms. The lowest BCUT2D eigenvalue weighted by atomic mass is 10.1. The average Bonchev–Trinajstić information content (AvgIpc) is 2.60. The van der Waals surface area contributed by atoms with Crippen molar-refractivity contribution in [3.63, 3.8) is 0 Å². The Hall–Kier alpha value is -3.08. The maximum absolute atomic E-state index is 12.4. The number of hydrogen-bond donors (Lipinski definition) is 2. The van der Waals surface area contributed by atoms with Gasteiger partial charge in [0.1, 0.15) is 5.75 Å². The lowest BCUT2D eigenvalue weighted by Crippen LogP contribution is -2.27. The van der Waals surface area contributed by atoms with Crippen molar-refractivity contribution < 1.29 is 9.53 Å². The number of ether oxygens (including phenoxy) is 1. The number of amides is 1. The molecule has 5 heteroatoms. The summed E-state index contributed by atoms with van der Waals surface area (Å²) in [4.78, 5) is 27.6. The van der Waals surface area contributed by atoms with Crippen molar-refractivity contribution in [2.45, 2.75) is 20.4 Å². The number of fused-ring (bicyclic) bond motifs is 1. The molecule has 2 aromatic carbocycles. The van der Waals surface area contributed by atoms with Crippen LogP contribution in [-0.4, -0.2) is 18.0 Å². The van der Waals surface area contributed by atoms with Gasteiger partial charge in [0.15, 0.2) is 0 Å². The number of H-pyrrole nitrogens is 1. The molecule has 25 heavy (non-hydrogen) atoms. The first-order valence-electron chi connectivity index (χ1n) is 8.04. The molecule has 0 radical (unpaired) electrons. The third kappa shape index (κ3) is 3.40. The highest BCUT2D eigenvalue weighted by atomic mass is 16.5. The van der Waals surface area contributed by atoms with E-state index in [1.165, 1.54) is 7.11 Å². The molecule has 3 rings (SSSR count). The predicted octanol–water partition coefficient (Wildman–Crippen LogP) is 3.08. The first-order chi connectivity index (χ1) is 12.0. The van der Waals surface area contributed by atoms with Crippen molar-refractivity contribution in [1.29, 1.82) is 0 Å². The largest absolute Gasteiger partial charge is 0.496 e. The van der Waals surface area contributed by atoms with Gasteiger partial charge in [-0.15, -0.1) is 0 Å². The third-order valence-corrected chi connectivity index (χ3v) is 4.16. The van der Waals surface area contributed by atoms with Crippen molar-refractivity contribution in [1.82, 2.24) is 10.3 Å². The van der Waals surface area contributed by atoms with Crippen LogP contribution in [0.5, 0.6) is 5.75 Å². The molecule has 0 atom stereocenters. The van der Waals surface area contributed by atoms with Gasteiger partial charge >= 0.3 is 0 Å². The fraction of sp³-hybridized carbons (Fsp3) is 0.200. The zero-order valence-corrected chi connectivity index (χ0v) is 14.5. The molecular formula is C20H20N2O3. The third-order valence-electron chi connectivity index (χ3n) is 4.16. The molecule has 1 aromatic heterocycles. The minimum Gasteiger partial charge on any atom is -0.496 e. The van der Waals surface area contributed by atoms with Crippen LogP contribution in [0.1, 0.15) is 27.0 Å². The second-order valence-corrected chi connectivity index (χ2v) is 6.05. The van der Waals surface area contributed by atoms with Gasteiger partial charge in [-0.2, -0.15) is 0 Å². The van der Waals surface area contributed by atoms with Gasteiger partial charge in [0.25, 0.3) is 11.5 Å². The Bertz CT molecular complexity index is 1010. The molecule has 0 aliphatic heterocycles. The molecule has 0 aliphatic carbocycles. The minimum atomic E-state index is -0.280. The first-order valence-corrected chi connectivity index (χ1v) is 8.04. The Morgan fingerprint density at radius 2 is 1.92 bits per heavy atom. The lowest BCUT2D eigenvalue weighted by Gasteiger charge is -2.10. The molecule has 0 unspecified atom stereocenters. The maximum Gasteiger partial charge on any atom is 0.255 e. The number of carbonyl (C=O) groups excluding carboxylic acids is 1. The fourth-order valence-electron chi connectivity index (χ4n) is 2.97. The normalized spacial score (nSPS) is 10.7. The average molecular weight is 336 g/mol. The van der Waals surface area contributed by atoms with Crippen molar-refractivity contribution in [2.24, 2.45) is 0 Å². The number of pyridine rings is 1. The molecule has 3 aromatic rings. The molecule has 0 spiro atoms. The highest BCUT2D eigenvalue weighted by molar-refractivity contribution is 5.96. The van der Waals surface area contributed by atoms with Crippen LogP contribution in [-0.2, 0) is 6.54 Å². The summed E-state index contributed by atoms with van der Waals surface area (Å²) in [5, 5.41) is 3.74. The van der Waals surface area contributed by atoms with E-state index in [1.54, 1.807) is 24.3 Å². The number of para-hydroxylation sites is 1. The van der Waals surface area contributed by atoms with Gasteiger partial charge < -0.3 is 15.0 Å². The predicted molar refractivity (Wildman–Crippen MR) is 98.2 cm³/mol. The Kier molecular flexibility index (Phi) is 4.57. The van der Waals surface area contributed by atoms with Crippen LogP contribution in [0.3, 0.4) is 0 Å². The number of carbonyl (C=O) groups is 1. The molecule has 1 heterocycles. The van der Waals surface area contributed by atoms with Crippen molar-refractivity contribution in [3.05, 3.63) is 75.1 Å². The van der Waals surface area contributed by atoms with Crippen molar-refractivity contribution in [2.75, 3.05) is 7.11 Å². The van der Waals surface area contributed by atoms with E-state index in [-0.39, 0.29) is 18.0 Å². The Morgan fingerprint density at radius 1 is 1.16 bits per heavy atom. The number of benzene rings is 2. The van der Waals surface area contributed by atoms with E-state index < -0.39 is 0 Å². The number of methoxy groups -OCH3 is 1. The van der Waals surface area contributed by atoms with E-state index >= 15 is 0 Å². The van der Waals surface area contributed by atoms with Gasteiger partial charge in [0.2, 0.25) is 0 Å². The smallest absolute Gasteiger partial charge is 0.255 e. The van der Waals surface area contributed by atoms with E-state index in [9.17, 15) is 9.59 Å². The number of rotatable bonds is 4. The van der Waals surface area contributed by atoms with Gasteiger partial charge in [-0.25, -0.2) is 0 Å². The van der Waals surface area contributed by atoms with Crippen LogP contribution in [0.15, 0.2) is 47.3 Å². The topological polar surface area (TPSA) is 71.2 Å². The quantitative estimate of drug-likeness (QED) is 0.769. The number of hydrogen-bond acceptors (Lipinski definition) is 3. The molecule has 128 valence electrons. The molecule has 0 fully saturated rings. The van der Waals surface area contributed by atoms with E-state index in [0.717, 1.165) is 22.0 Å². The molecule has 0 aliphatic rings. The molecular weight excluding hydrogens is 316 g/mol. The monoisotopic (exact) mass is 336 g/mol. The summed E-state index contributed by atoms with van der Waals surface area (Å²) in [5.74, 6) is 0.219. The zero-order chi connectivity index (χ0) is 18.0. The molecule has 5 nitrogen and oxygen atoms in total. The van der Waals surface area contributed by atoms with E-state index in [1.807, 2.05) is 32.0 Å². The van der Waals surface area contributed by atoms with E-state index in [4.69, 9.17) is 4.74 Å². The highest BCUT2D eigenvalue weighted by Gasteiger charge is 2.12. The van der Waals surface area contributed by atoms with Crippen molar-refractivity contribution >= 4 is 16.8 Å². The van der Waals surface area contributed by atoms with E-state index in [0.29, 0.717) is 16.9 Å². The van der Waals surface area contributed by atoms with Gasteiger partial charge in [0.05, 0.1) is 18.2 Å². The summed E-state index contributed by atoms with van der Waals surface area (Å²) in [5.41, 5.74) is 3.74. The van der Waals surface area contributed by atoms with Crippen LogP contribution in [0.25, 0.3) is 10.9 Å². The summed E-state index contributed by atoms with van der Waals surface area (Å²) in [6.45, 7) is 4.13. The van der Waals surface area contributed by atoms with Crippen LogP contribution < -0.4 is 15.6 Å². The van der Waals surface area contributed by atoms with Crippen LogP contribution in [0, 0.1) is 13.8 Å². The van der Waals surface area contributed by atoms with Crippen LogP contribution >= 0.6 is 0 Å². The summed E-state index contributed by atoms with van der Waals surface area (Å²) < 4.78 is 5.20. The number of nitrogens with one attached hydrogen (secondary N) is 2. The van der Waals surface area contributed by atoms with Gasteiger partial charge in [-0.05, 0) is 49.1 Å². The van der Waals surface area contributed by atoms with Crippen LogP contribution in [0.2, 0.25) is 0 Å². The molecule has 0 saturated heterocycles. The van der Waals surface area contributed by atoms with Gasteiger partial charge in [-0.1, -0.05) is 23.8 Å². The Morgan fingerprint density at radius 3 is 2.68 bits per heavy atom. The van der Waals surface area contributed by atoms with Crippen LogP contribution in [0.4, 0.5) is 0 Å². The SMILES string of the molecule is COc1ccccc1C(=O)NCc1cc2cc(C)cc(C)c2[nH]c1=O. The summed E-state index contributed by atoms with van der Waals surface area (Å²) >= 11 is 0. The molecule has 2 N–H and O–H groups in total. The Labute approximate surface area is 145 Å². The van der Waals surface area contributed by atoms with Gasteiger partial charge in [0, 0.05) is 12.1 Å². The van der Waals surface area contributed by atoms with Crippen molar-refractivity contribution in [3.8, 4) is 5.75 Å². The summed E-state index contributed by atoms with van der Waals surface area (Å²) in [6, 6.07) is 12.9. The maximum atomic E-state index is 12.4. The second-order valence-electron chi connectivity index (χ2n) is 6.05. The van der Waals surface area contributed by atoms with E-state index in [2.05, 4.69) is 10.3 Å². The highest BCUT2D eigenvalue weighted by Crippen LogP contribution is 2.19. The number of aryl methyl sites for hydroxylation is 2. The Balaban J connectivity index is 1.87. The number of aromatic amines is 1. The second kappa shape index (κ2) is 6.81. The molecule has 0 saturated carbocycles. The lowest BCUT2D eigenvalue weighted by molar-refractivity contribution is 0.0948. The zero-order valence-electron chi connectivity index (χ0n) is 14.5. The fourth-order valence-corrected chi connectivity index (χ4v) is 2.97. The molecule has 1 amide bonds. The first kappa shape index (κ1) is 16.8. The standard InChI is InChI=1S/C20H20N2O3/c1-12-8-13(2)18-14(9-12)10-15(19(23)22-18)11-21-20(24)16-6-4-5-7-17(16)25-3/h4-10H,11H2,1-3H3,(H,21,24)(H,22,23). The summed E-state index contributed by atoms with van der Waals surface area (Å²) in [7, 11) is 1.52. The number of aromatic nitrogens is 1. The minimum absolute atomic E-state index is 0.148. The summed E-state index contributed by atoms with van der Waals surface area (Å²) in [6.07, 6.45) is 0.